The molecule has 1 aromatic carbocycles. The Morgan fingerprint density at radius 2 is 1.69 bits per heavy atom. The highest BCUT2D eigenvalue weighted by molar-refractivity contribution is 5.99. The van der Waals surface area contributed by atoms with Crippen LogP contribution in [0.5, 0.6) is 0 Å². The summed E-state index contributed by atoms with van der Waals surface area (Å²) in [6, 6.07) is 9.00. The number of Topliss-reactive ketones (excluding diaryl/α,β-unsaturated/α-hetero) is 1. The molecule has 0 aliphatic carbocycles. The molecule has 0 atom stereocenters. The third kappa shape index (κ3) is 3.83. The molecule has 1 aliphatic heterocycles. The zero-order valence-corrected chi connectivity index (χ0v) is 16.1. The van der Waals surface area contributed by atoms with Crippen LogP contribution in [0.3, 0.4) is 0 Å². The Morgan fingerprint density at radius 3 is 2.23 bits per heavy atom. The first-order valence-corrected chi connectivity index (χ1v) is 9.31. The highest BCUT2D eigenvalue weighted by Crippen LogP contribution is 2.21. The number of nitrogens with zero attached hydrogens (tertiary/aromatic N) is 3. The van der Waals surface area contributed by atoms with Crippen molar-refractivity contribution in [2.45, 2.75) is 33.7 Å². The van der Waals surface area contributed by atoms with Crippen molar-refractivity contribution in [2.75, 3.05) is 37.6 Å². The van der Waals surface area contributed by atoms with Gasteiger partial charge in [0.25, 0.3) is 0 Å². The number of aryl methyl sites for hydroxylation is 1. The van der Waals surface area contributed by atoms with Gasteiger partial charge in [0.1, 0.15) is 5.82 Å². The molecule has 140 valence electrons. The summed E-state index contributed by atoms with van der Waals surface area (Å²) in [6.07, 6.45) is 0. The number of benzene rings is 1. The predicted molar refractivity (Wildman–Crippen MR) is 104 cm³/mol. The molecule has 5 heteroatoms. The molecular formula is C21H28FN3O. The minimum atomic E-state index is -0.211. The molecule has 0 saturated carbocycles. The van der Waals surface area contributed by atoms with Crippen molar-refractivity contribution in [1.82, 2.24) is 9.47 Å². The number of aromatic nitrogens is 1. The molecule has 0 unspecified atom stereocenters. The number of hydrogen-bond donors (Lipinski definition) is 0. The number of carbonyl (C=O) groups is 1. The van der Waals surface area contributed by atoms with Gasteiger partial charge in [0, 0.05) is 54.9 Å². The second-order valence-electron chi connectivity index (χ2n) is 7.41. The van der Waals surface area contributed by atoms with Crippen LogP contribution in [-0.4, -0.2) is 48.0 Å². The van der Waals surface area contributed by atoms with Crippen LogP contribution in [0.25, 0.3) is 0 Å². The summed E-state index contributed by atoms with van der Waals surface area (Å²) in [5, 5.41) is 0. The molecule has 0 amide bonds. The van der Waals surface area contributed by atoms with E-state index in [1.807, 2.05) is 25.1 Å². The first-order valence-electron chi connectivity index (χ1n) is 9.31. The smallest absolute Gasteiger partial charge is 0.178 e. The van der Waals surface area contributed by atoms with E-state index in [1.54, 1.807) is 0 Å². The molecule has 1 saturated heterocycles. The molecule has 1 fully saturated rings. The summed E-state index contributed by atoms with van der Waals surface area (Å²) >= 11 is 0. The van der Waals surface area contributed by atoms with Gasteiger partial charge >= 0.3 is 0 Å². The Hall–Kier alpha value is -2.14. The molecule has 26 heavy (non-hydrogen) atoms. The zero-order valence-electron chi connectivity index (χ0n) is 16.1. The van der Waals surface area contributed by atoms with Gasteiger partial charge in [0.05, 0.1) is 6.54 Å². The molecule has 0 N–H and O–H groups in total. The molecule has 1 aliphatic rings. The van der Waals surface area contributed by atoms with E-state index in [4.69, 9.17) is 0 Å². The van der Waals surface area contributed by atoms with Crippen molar-refractivity contribution in [3.05, 3.63) is 53.1 Å². The third-order valence-corrected chi connectivity index (χ3v) is 5.23. The lowest BCUT2D eigenvalue weighted by atomic mass is 10.1. The fourth-order valence-corrected chi connectivity index (χ4v) is 3.96. The molecule has 3 rings (SSSR count). The number of hydrogen-bond acceptors (Lipinski definition) is 3. The summed E-state index contributed by atoms with van der Waals surface area (Å²) in [6.45, 7) is 12.2. The molecule has 1 aromatic heterocycles. The highest BCUT2D eigenvalue weighted by atomic mass is 19.1. The van der Waals surface area contributed by atoms with Crippen LogP contribution < -0.4 is 4.90 Å². The SMILES string of the molecule is Cc1cc(C(=O)CN2CCN(c3ccc(F)cc3)CC2)c(C)n1C(C)C. The van der Waals surface area contributed by atoms with E-state index in [9.17, 15) is 9.18 Å². The maximum absolute atomic E-state index is 13.1. The lowest BCUT2D eigenvalue weighted by Gasteiger charge is -2.35. The fourth-order valence-electron chi connectivity index (χ4n) is 3.96. The number of rotatable bonds is 5. The van der Waals surface area contributed by atoms with E-state index in [-0.39, 0.29) is 11.6 Å². The van der Waals surface area contributed by atoms with Gasteiger partial charge < -0.3 is 9.47 Å². The van der Waals surface area contributed by atoms with Crippen molar-refractivity contribution in [3.8, 4) is 0 Å². The van der Waals surface area contributed by atoms with E-state index < -0.39 is 0 Å². The second kappa shape index (κ2) is 7.62. The molecular weight excluding hydrogens is 329 g/mol. The van der Waals surface area contributed by atoms with E-state index in [2.05, 4.69) is 35.1 Å². The van der Waals surface area contributed by atoms with E-state index in [0.29, 0.717) is 12.6 Å². The maximum Gasteiger partial charge on any atom is 0.178 e. The number of ketones is 1. The first-order chi connectivity index (χ1) is 12.4. The normalized spacial score (nSPS) is 15.7. The Balaban J connectivity index is 1.60. The van der Waals surface area contributed by atoms with Crippen LogP contribution in [0.15, 0.2) is 30.3 Å². The number of anilines is 1. The lowest BCUT2D eigenvalue weighted by molar-refractivity contribution is 0.0925. The summed E-state index contributed by atoms with van der Waals surface area (Å²) in [7, 11) is 0. The largest absolute Gasteiger partial charge is 0.369 e. The Kier molecular flexibility index (Phi) is 5.47. The van der Waals surface area contributed by atoms with E-state index >= 15 is 0 Å². The standard InChI is InChI=1S/C21H28FN3O/c1-15(2)25-16(3)13-20(17(25)4)21(26)14-23-9-11-24(12-10-23)19-7-5-18(22)6-8-19/h5-8,13,15H,9-12,14H2,1-4H3. The highest BCUT2D eigenvalue weighted by Gasteiger charge is 2.22. The fraction of sp³-hybridized carbons (Fsp3) is 0.476. The van der Waals surface area contributed by atoms with Crippen LogP contribution in [0.1, 0.15) is 41.6 Å². The molecule has 2 aromatic rings. The van der Waals surface area contributed by atoms with Gasteiger partial charge in [-0.15, -0.1) is 0 Å². The quantitative estimate of drug-likeness (QED) is 0.762. The van der Waals surface area contributed by atoms with Gasteiger partial charge in [-0.25, -0.2) is 4.39 Å². The second-order valence-corrected chi connectivity index (χ2v) is 7.41. The predicted octanol–water partition coefficient (Wildman–Crippen LogP) is 3.83. The van der Waals surface area contributed by atoms with Crippen LogP contribution in [0.4, 0.5) is 10.1 Å². The number of piperazine rings is 1. The first kappa shape index (κ1) is 18.6. The Labute approximate surface area is 155 Å². The van der Waals surface area contributed by atoms with Crippen molar-refractivity contribution in [1.29, 1.82) is 0 Å². The summed E-state index contributed by atoms with van der Waals surface area (Å²) in [5.74, 6) is -0.0165. The van der Waals surface area contributed by atoms with Gasteiger partial charge in [-0.3, -0.25) is 9.69 Å². The average molecular weight is 357 g/mol. The lowest BCUT2D eigenvalue weighted by Crippen LogP contribution is -2.48. The molecule has 4 nitrogen and oxygen atoms in total. The van der Waals surface area contributed by atoms with Gasteiger partial charge in [0.2, 0.25) is 0 Å². The Bertz CT molecular complexity index is 771. The number of halogens is 1. The minimum Gasteiger partial charge on any atom is -0.369 e. The molecule has 0 radical (unpaired) electrons. The topological polar surface area (TPSA) is 28.5 Å². The van der Waals surface area contributed by atoms with Crippen LogP contribution >= 0.6 is 0 Å². The van der Waals surface area contributed by atoms with Crippen LogP contribution in [0.2, 0.25) is 0 Å². The van der Waals surface area contributed by atoms with E-state index in [0.717, 1.165) is 48.8 Å². The van der Waals surface area contributed by atoms with Crippen molar-refractivity contribution in [3.63, 3.8) is 0 Å². The van der Waals surface area contributed by atoms with Crippen LogP contribution in [-0.2, 0) is 0 Å². The van der Waals surface area contributed by atoms with Crippen molar-refractivity contribution in [2.24, 2.45) is 0 Å². The summed E-state index contributed by atoms with van der Waals surface area (Å²) < 4.78 is 15.3. The van der Waals surface area contributed by atoms with Gasteiger partial charge in [0.15, 0.2) is 5.78 Å². The monoisotopic (exact) mass is 357 g/mol. The summed E-state index contributed by atoms with van der Waals surface area (Å²) in [4.78, 5) is 17.3. The molecule has 0 spiro atoms. The van der Waals surface area contributed by atoms with Crippen molar-refractivity contribution < 1.29 is 9.18 Å². The minimum absolute atomic E-state index is 0.195. The molecule has 2 heterocycles. The van der Waals surface area contributed by atoms with Crippen LogP contribution in [0, 0.1) is 19.7 Å². The molecule has 0 bridgehead atoms. The Morgan fingerprint density at radius 1 is 1.08 bits per heavy atom. The van der Waals surface area contributed by atoms with E-state index in [1.165, 1.54) is 12.1 Å². The van der Waals surface area contributed by atoms with Gasteiger partial charge in [-0.05, 0) is 58.0 Å². The zero-order chi connectivity index (χ0) is 18.8. The number of carbonyl (C=O) groups excluding carboxylic acids is 1. The van der Waals surface area contributed by atoms with Gasteiger partial charge in [-0.2, -0.15) is 0 Å². The van der Waals surface area contributed by atoms with Gasteiger partial charge in [-0.1, -0.05) is 0 Å². The third-order valence-electron chi connectivity index (χ3n) is 5.23. The average Bonchev–Trinajstić information content (AvgIpc) is 2.91. The summed E-state index contributed by atoms with van der Waals surface area (Å²) in [5.41, 5.74) is 4.09. The van der Waals surface area contributed by atoms with Crippen molar-refractivity contribution >= 4 is 11.5 Å². The maximum atomic E-state index is 13.1.